The lowest BCUT2D eigenvalue weighted by Gasteiger charge is -2.35. The van der Waals surface area contributed by atoms with Gasteiger partial charge in [0.15, 0.2) is 0 Å². The summed E-state index contributed by atoms with van der Waals surface area (Å²) in [5, 5.41) is 23.7. The number of aliphatic hydroxyl groups is 1. The van der Waals surface area contributed by atoms with Crippen LogP contribution in [-0.4, -0.2) is 44.1 Å². The van der Waals surface area contributed by atoms with Crippen molar-refractivity contribution in [2.24, 2.45) is 5.92 Å². The average Bonchev–Trinajstić information content (AvgIpc) is 3.49. The highest BCUT2D eigenvalue weighted by Crippen LogP contribution is 2.40. The zero-order chi connectivity index (χ0) is 18.9. The van der Waals surface area contributed by atoms with Crippen molar-refractivity contribution in [2.75, 3.05) is 18.0 Å². The Morgan fingerprint density at radius 2 is 1.86 bits per heavy atom. The lowest BCUT2D eigenvalue weighted by Crippen LogP contribution is -2.38. The van der Waals surface area contributed by atoms with Crippen LogP contribution in [0, 0.1) is 5.92 Å². The molecule has 1 N–H and O–H groups in total. The first-order valence-corrected chi connectivity index (χ1v) is 10.5. The maximum absolute atomic E-state index is 10.7. The molecular weight excluding hydrogens is 350 g/mol. The fourth-order valence-electron chi connectivity index (χ4n) is 4.36. The third-order valence-corrected chi connectivity index (χ3v) is 6.26. The molecule has 1 aliphatic carbocycles. The van der Waals surface area contributed by atoms with E-state index in [0.717, 1.165) is 55.8 Å². The molecule has 3 aromatic rings. The average molecular weight is 377 g/mol. The molecule has 0 spiro atoms. The number of hydrogen-bond donors (Lipinski definition) is 1. The molecule has 28 heavy (non-hydrogen) atoms. The lowest BCUT2D eigenvalue weighted by atomic mass is 9.88. The van der Waals surface area contributed by atoms with Gasteiger partial charge in [0.1, 0.15) is 6.33 Å². The fourth-order valence-corrected chi connectivity index (χ4v) is 4.36. The van der Waals surface area contributed by atoms with Gasteiger partial charge < -0.3 is 10.0 Å². The number of fused-ring (bicyclic) bond motifs is 1. The number of anilines is 1. The van der Waals surface area contributed by atoms with Crippen LogP contribution in [-0.2, 0) is 6.42 Å². The van der Waals surface area contributed by atoms with Crippen molar-refractivity contribution in [2.45, 2.75) is 50.5 Å². The molecule has 5 rings (SSSR count). The van der Waals surface area contributed by atoms with E-state index in [9.17, 15) is 5.11 Å². The largest absolute Gasteiger partial charge is 0.393 e. The Hall–Kier alpha value is -2.47. The molecule has 0 amide bonds. The van der Waals surface area contributed by atoms with Gasteiger partial charge in [-0.3, -0.25) is 0 Å². The van der Waals surface area contributed by atoms with E-state index in [4.69, 9.17) is 0 Å². The first-order valence-electron chi connectivity index (χ1n) is 10.5. The van der Waals surface area contributed by atoms with Gasteiger partial charge in [0.2, 0.25) is 5.65 Å². The highest BCUT2D eigenvalue weighted by molar-refractivity contribution is 5.68. The second-order valence-corrected chi connectivity index (χ2v) is 8.24. The predicted octanol–water partition coefficient (Wildman–Crippen LogP) is 3.21. The van der Waals surface area contributed by atoms with E-state index in [2.05, 4.69) is 50.5 Å². The molecule has 6 nitrogen and oxygen atoms in total. The molecule has 2 aliphatic rings. The molecule has 1 atom stereocenters. The molecule has 6 heteroatoms. The topological polar surface area (TPSA) is 66.5 Å². The van der Waals surface area contributed by atoms with Gasteiger partial charge in [-0.05, 0) is 56.1 Å². The first kappa shape index (κ1) is 17.6. The number of nitrogens with zero attached hydrogens (tertiary/aromatic N) is 5. The Balaban J connectivity index is 1.23. The van der Waals surface area contributed by atoms with Crippen LogP contribution >= 0.6 is 0 Å². The molecule has 146 valence electrons. The fraction of sp³-hybridized carbons (Fsp3) is 0.500. The summed E-state index contributed by atoms with van der Waals surface area (Å²) in [6.45, 7) is 1.90. The van der Waals surface area contributed by atoms with E-state index in [1.807, 2.05) is 10.6 Å². The smallest absolute Gasteiger partial charge is 0.200 e. The molecule has 1 saturated heterocycles. The van der Waals surface area contributed by atoms with Gasteiger partial charge >= 0.3 is 0 Å². The number of rotatable bonds is 6. The second-order valence-electron chi connectivity index (χ2n) is 8.24. The van der Waals surface area contributed by atoms with Crippen molar-refractivity contribution >= 4 is 11.3 Å². The summed E-state index contributed by atoms with van der Waals surface area (Å²) in [4.78, 5) is 2.40. The molecule has 3 heterocycles. The third-order valence-electron chi connectivity index (χ3n) is 6.26. The van der Waals surface area contributed by atoms with Crippen molar-refractivity contribution in [3.05, 3.63) is 54.0 Å². The minimum absolute atomic E-state index is 0.227. The molecule has 2 aromatic heterocycles. The standard InChI is InChI=1S/C22H27N5O/c28-21(9-6-16-4-2-1-3-5-16)18-10-12-26(13-11-18)20-14-19(17-7-8-17)25-27-15-23-24-22(20)27/h1-5,14-15,17-18,21,28H,6-13H2. The number of piperidine rings is 1. The maximum atomic E-state index is 10.7. The number of hydrogen-bond acceptors (Lipinski definition) is 5. The van der Waals surface area contributed by atoms with Gasteiger partial charge in [-0.1, -0.05) is 30.3 Å². The minimum atomic E-state index is -0.227. The summed E-state index contributed by atoms with van der Waals surface area (Å²) in [5.41, 5.74) is 4.45. The first-order chi connectivity index (χ1) is 13.8. The number of aromatic nitrogens is 4. The Morgan fingerprint density at radius 1 is 1.07 bits per heavy atom. The highest BCUT2D eigenvalue weighted by Gasteiger charge is 2.30. The van der Waals surface area contributed by atoms with Crippen LogP contribution in [0.2, 0.25) is 0 Å². The molecular formula is C22H27N5O. The van der Waals surface area contributed by atoms with Crippen molar-refractivity contribution < 1.29 is 5.11 Å². The zero-order valence-corrected chi connectivity index (χ0v) is 16.1. The number of benzene rings is 1. The van der Waals surface area contributed by atoms with E-state index in [1.165, 1.54) is 18.4 Å². The summed E-state index contributed by atoms with van der Waals surface area (Å²) < 4.78 is 1.82. The molecule has 1 saturated carbocycles. The lowest BCUT2D eigenvalue weighted by molar-refractivity contribution is 0.0851. The van der Waals surface area contributed by atoms with Gasteiger partial charge in [-0.2, -0.15) is 9.61 Å². The van der Waals surface area contributed by atoms with Crippen molar-refractivity contribution in [1.82, 2.24) is 19.8 Å². The Bertz CT molecular complexity index is 929. The summed E-state index contributed by atoms with van der Waals surface area (Å²) in [6, 6.07) is 12.7. The zero-order valence-electron chi connectivity index (χ0n) is 16.1. The Morgan fingerprint density at radius 3 is 2.61 bits per heavy atom. The second kappa shape index (κ2) is 7.51. The van der Waals surface area contributed by atoms with Gasteiger partial charge in [-0.15, -0.1) is 10.2 Å². The maximum Gasteiger partial charge on any atom is 0.200 e. The summed E-state index contributed by atoms with van der Waals surface area (Å²) in [7, 11) is 0. The highest BCUT2D eigenvalue weighted by atomic mass is 16.3. The molecule has 0 radical (unpaired) electrons. The molecule has 1 aromatic carbocycles. The van der Waals surface area contributed by atoms with Crippen LogP contribution in [0.5, 0.6) is 0 Å². The van der Waals surface area contributed by atoms with Crippen LogP contribution in [0.4, 0.5) is 5.69 Å². The van der Waals surface area contributed by atoms with Gasteiger partial charge in [-0.25, -0.2) is 0 Å². The van der Waals surface area contributed by atoms with Crippen LogP contribution < -0.4 is 4.90 Å². The van der Waals surface area contributed by atoms with E-state index >= 15 is 0 Å². The minimum Gasteiger partial charge on any atom is -0.393 e. The van der Waals surface area contributed by atoms with E-state index in [-0.39, 0.29) is 6.10 Å². The normalized spacial score (nSPS) is 19.2. The van der Waals surface area contributed by atoms with Gasteiger partial charge in [0.25, 0.3) is 0 Å². The summed E-state index contributed by atoms with van der Waals surface area (Å²) in [5.74, 6) is 0.974. The summed E-state index contributed by atoms with van der Waals surface area (Å²) in [6.07, 6.45) is 7.74. The SMILES string of the molecule is OC(CCc1ccccc1)C1CCN(c2cc(C3CC3)nn3cnnc23)CC1. The summed E-state index contributed by atoms with van der Waals surface area (Å²) >= 11 is 0. The van der Waals surface area contributed by atoms with Crippen molar-refractivity contribution in [3.63, 3.8) is 0 Å². The Labute approximate surface area is 165 Å². The van der Waals surface area contributed by atoms with Crippen molar-refractivity contribution in [1.29, 1.82) is 0 Å². The monoisotopic (exact) mass is 377 g/mol. The van der Waals surface area contributed by atoms with Crippen LogP contribution in [0.3, 0.4) is 0 Å². The van der Waals surface area contributed by atoms with E-state index in [0.29, 0.717) is 11.8 Å². The van der Waals surface area contributed by atoms with Crippen LogP contribution in [0.1, 0.15) is 49.3 Å². The molecule has 1 aliphatic heterocycles. The molecule has 1 unspecified atom stereocenters. The molecule has 2 fully saturated rings. The third kappa shape index (κ3) is 3.61. The number of aryl methyl sites for hydroxylation is 1. The van der Waals surface area contributed by atoms with Gasteiger partial charge in [0.05, 0.1) is 17.5 Å². The number of aliphatic hydroxyl groups excluding tert-OH is 1. The van der Waals surface area contributed by atoms with Gasteiger partial charge in [0, 0.05) is 19.0 Å². The van der Waals surface area contributed by atoms with E-state index < -0.39 is 0 Å². The van der Waals surface area contributed by atoms with Crippen molar-refractivity contribution in [3.8, 4) is 0 Å². The predicted molar refractivity (Wildman–Crippen MR) is 108 cm³/mol. The van der Waals surface area contributed by atoms with E-state index in [1.54, 1.807) is 6.33 Å². The quantitative estimate of drug-likeness (QED) is 0.714. The van der Waals surface area contributed by atoms with Crippen LogP contribution in [0.15, 0.2) is 42.7 Å². The molecule has 0 bridgehead atoms. The Kier molecular flexibility index (Phi) is 4.72. The van der Waals surface area contributed by atoms with Crippen LogP contribution in [0.25, 0.3) is 5.65 Å².